The second kappa shape index (κ2) is 7.20. The number of anilines is 3. The molecule has 2 aromatic carbocycles. The Labute approximate surface area is 200 Å². The lowest BCUT2D eigenvalue weighted by molar-refractivity contribution is 0.135. The van der Waals surface area contributed by atoms with Crippen molar-refractivity contribution >= 4 is 28.5 Å². The van der Waals surface area contributed by atoms with Crippen LogP contribution in [0, 0.1) is 0 Å². The molecular formula is C25H23N7O3. The van der Waals surface area contributed by atoms with Gasteiger partial charge in [0, 0.05) is 24.1 Å². The third-order valence-corrected chi connectivity index (χ3v) is 6.88. The number of phenolic OH excluding ortho intramolecular Hbond substituents is 2. The third kappa shape index (κ3) is 3.03. The van der Waals surface area contributed by atoms with E-state index in [4.69, 9.17) is 5.73 Å². The molecule has 4 aromatic rings. The smallest absolute Gasteiger partial charge is 0.356 e. The fourth-order valence-electron chi connectivity index (χ4n) is 5.26. The number of nitrogens with one attached hydrogen (secondary N) is 1. The lowest BCUT2D eigenvalue weighted by Crippen LogP contribution is -2.52. The number of nitrogens with zero attached hydrogens (tertiary/aromatic N) is 5. The fraction of sp³-hybridized carbons (Fsp3) is 0.200. The molecule has 0 spiro atoms. The molecule has 2 aliphatic heterocycles. The SMILES string of the molecule is CC1=CC2(C)c3ccc(Nc4ncc5c(N)n(-c6c(O)cccc6O)c(=O)nc5n4)cc3CCN12. The first kappa shape index (κ1) is 21.0. The number of nitrogens with two attached hydrogens (primary N) is 1. The molecule has 6 rings (SSSR count). The van der Waals surface area contributed by atoms with Gasteiger partial charge in [-0.3, -0.25) is 0 Å². The van der Waals surface area contributed by atoms with Crippen molar-refractivity contribution < 1.29 is 10.2 Å². The Kier molecular flexibility index (Phi) is 4.31. The van der Waals surface area contributed by atoms with Crippen LogP contribution in [0.15, 0.2) is 59.2 Å². The van der Waals surface area contributed by atoms with Gasteiger partial charge >= 0.3 is 5.69 Å². The van der Waals surface area contributed by atoms with Gasteiger partial charge in [-0.1, -0.05) is 12.1 Å². The lowest BCUT2D eigenvalue weighted by Gasteiger charge is -2.53. The van der Waals surface area contributed by atoms with Gasteiger partial charge in [0.05, 0.1) is 10.9 Å². The van der Waals surface area contributed by atoms with E-state index in [2.05, 4.69) is 57.2 Å². The Bertz CT molecular complexity index is 1610. The highest BCUT2D eigenvalue weighted by molar-refractivity contribution is 5.86. The highest BCUT2D eigenvalue weighted by atomic mass is 16.3. The highest BCUT2D eigenvalue weighted by Crippen LogP contribution is 2.46. The first-order valence-corrected chi connectivity index (χ1v) is 11.2. The maximum Gasteiger partial charge on any atom is 0.356 e. The summed E-state index contributed by atoms with van der Waals surface area (Å²) in [6, 6.07) is 10.4. The number of phenols is 2. The van der Waals surface area contributed by atoms with Crippen molar-refractivity contribution in [2.75, 3.05) is 17.6 Å². The van der Waals surface area contributed by atoms with E-state index in [1.165, 1.54) is 41.2 Å². The minimum absolute atomic E-state index is 0.0428. The van der Waals surface area contributed by atoms with Crippen molar-refractivity contribution in [1.82, 2.24) is 24.4 Å². The van der Waals surface area contributed by atoms with Crippen LogP contribution in [0.4, 0.5) is 17.5 Å². The summed E-state index contributed by atoms with van der Waals surface area (Å²) >= 11 is 0. The Balaban J connectivity index is 1.36. The van der Waals surface area contributed by atoms with Gasteiger partial charge in [-0.25, -0.2) is 14.3 Å². The van der Waals surface area contributed by atoms with Crippen LogP contribution in [0.5, 0.6) is 11.5 Å². The molecule has 176 valence electrons. The van der Waals surface area contributed by atoms with Crippen LogP contribution >= 0.6 is 0 Å². The molecular weight excluding hydrogens is 446 g/mol. The molecule has 0 saturated heterocycles. The monoisotopic (exact) mass is 469 g/mol. The van der Waals surface area contributed by atoms with Gasteiger partial charge in [0.2, 0.25) is 5.95 Å². The molecule has 2 aliphatic rings. The zero-order chi connectivity index (χ0) is 24.5. The third-order valence-electron chi connectivity index (χ3n) is 6.88. The number of para-hydroxylation sites is 1. The Morgan fingerprint density at radius 2 is 1.91 bits per heavy atom. The lowest BCUT2D eigenvalue weighted by atomic mass is 9.76. The molecule has 10 nitrogen and oxygen atoms in total. The number of benzene rings is 2. The van der Waals surface area contributed by atoms with E-state index in [9.17, 15) is 15.0 Å². The number of aromatic hydroxyl groups is 2. The van der Waals surface area contributed by atoms with E-state index < -0.39 is 5.69 Å². The molecule has 0 fully saturated rings. The first-order chi connectivity index (χ1) is 16.8. The van der Waals surface area contributed by atoms with Crippen molar-refractivity contribution in [2.24, 2.45) is 0 Å². The zero-order valence-corrected chi connectivity index (χ0v) is 19.1. The van der Waals surface area contributed by atoms with Crippen LogP contribution in [0.2, 0.25) is 0 Å². The Morgan fingerprint density at radius 1 is 1.14 bits per heavy atom. The topological polar surface area (TPSA) is 142 Å². The van der Waals surface area contributed by atoms with E-state index in [0.717, 1.165) is 23.2 Å². The van der Waals surface area contributed by atoms with Crippen LogP contribution in [0.1, 0.15) is 25.0 Å². The minimum Gasteiger partial charge on any atom is -0.506 e. The largest absolute Gasteiger partial charge is 0.506 e. The van der Waals surface area contributed by atoms with E-state index in [1.807, 2.05) is 6.07 Å². The van der Waals surface area contributed by atoms with Crippen LogP contribution in [-0.4, -0.2) is 41.2 Å². The summed E-state index contributed by atoms with van der Waals surface area (Å²) < 4.78 is 0.938. The molecule has 5 N–H and O–H groups in total. The number of nitrogen functional groups attached to an aromatic ring is 1. The van der Waals surface area contributed by atoms with E-state index in [-0.39, 0.29) is 40.1 Å². The molecule has 0 bridgehead atoms. The number of aromatic nitrogens is 4. The second-order valence-corrected chi connectivity index (χ2v) is 9.02. The predicted octanol–water partition coefficient (Wildman–Crippen LogP) is 2.90. The molecule has 35 heavy (non-hydrogen) atoms. The molecule has 2 aromatic heterocycles. The molecule has 0 radical (unpaired) electrons. The maximum absolute atomic E-state index is 12.8. The molecule has 0 aliphatic carbocycles. The summed E-state index contributed by atoms with van der Waals surface area (Å²) in [5.74, 6) is -0.388. The molecule has 10 heteroatoms. The Morgan fingerprint density at radius 3 is 2.66 bits per heavy atom. The summed E-state index contributed by atoms with van der Waals surface area (Å²) in [7, 11) is 0. The Hall–Kier alpha value is -4.60. The van der Waals surface area contributed by atoms with Crippen molar-refractivity contribution in [2.45, 2.75) is 25.8 Å². The van der Waals surface area contributed by atoms with Crippen LogP contribution in [-0.2, 0) is 12.0 Å². The van der Waals surface area contributed by atoms with Crippen molar-refractivity contribution in [3.8, 4) is 17.2 Å². The van der Waals surface area contributed by atoms with E-state index >= 15 is 0 Å². The van der Waals surface area contributed by atoms with Gasteiger partial charge in [-0.15, -0.1) is 0 Å². The number of hydrogen-bond acceptors (Lipinski definition) is 9. The van der Waals surface area contributed by atoms with Gasteiger partial charge in [-0.05, 0) is 61.7 Å². The number of hydrogen-bond donors (Lipinski definition) is 4. The summed E-state index contributed by atoms with van der Waals surface area (Å²) in [4.78, 5) is 27.9. The number of rotatable bonds is 3. The van der Waals surface area contributed by atoms with E-state index in [0.29, 0.717) is 5.39 Å². The zero-order valence-electron chi connectivity index (χ0n) is 19.1. The van der Waals surface area contributed by atoms with Gasteiger partial charge in [0.15, 0.2) is 5.65 Å². The number of allylic oxidation sites excluding steroid dienone is 1. The molecule has 1 unspecified atom stereocenters. The van der Waals surface area contributed by atoms with Crippen molar-refractivity contribution in [3.05, 3.63) is 76.0 Å². The minimum atomic E-state index is -0.785. The van der Waals surface area contributed by atoms with Gasteiger partial charge in [0.1, 0.15) is 23.0 Å². The standard InChI is InChI=1S/C25H23N7O3/c1-13-11-25(2)17-7-6-15(10-14(17)8-9-31(13)25)28-23-27-12-16-21(26)32(24(35)30-22(16)29-23)20-18(33)4-3-5-19(20)34/h3-7,10-12,33-34H,8-9,26H2,1-2H3,(H,28,29,30,35). The summed E-state index contributed by atoms with van der Waals surface area (Å²) in [6.45, 7) is 5.35. The van der Waals surface area contributed by atoms with E-state index in [1.54, 1.807) is 0 Å². The quantitative estimate of drug-likeness (QED) is 0.356. The van der Waals surface area contributed by atoms with Gasteiger partial charge in [-0.2, -0.15) is 9.97 Å². The summed E-state index contributed by atoms with van der Waals surface area (Å²) in [6.07, 6.45) is 4.70. The molecule has 0 amide bonds. The van der Waals surface area contributed by atoms with Crippen LogP contribution in [0.25, 0.3) is 16.7 Å². The fourth-order valence-corrected chi connectivity index (χ4v) is 5.26. The number of fused-ring (bicyclic) bond motifs is 4. The molecule has 1 atom stereocenters. The first-order valence-electron chi connectivity index (χ1n) is 11.2. The highest BCUT2D eigenvalue weighted by Gasteiger charge is 2.43. The average Bonchev–Trinajstić information content (AvgIpc) is 2.80. The van der Waals surface area contributed by atoms with Crippen LogP contribution < -0.4 is 16.7 Å². The normalized spacial score (nSPS) is 18.5. The van der Waals surface area contributed by atoms with Crippen molar-refractivity contribution in [3.63, 3.8) is 0 Å². The molecule has 0 saturated carbocycles. The summed E-state index contributed by atoms with van der Waals surface area (Å²) in [5.41, 5.74) is 10.0. The van der Waals surface area contributed by atoms with Crippen LogP contribution in [0.3, 0.4) is 0 Å². The second-order valence-electron chi connectivity index (χ2n) is 9.02. The predicted molar refractivity (Wildman–Crippen MR) is 132 cm³/mol. The molecule has 4 heterocycles. The van der Waals surface area contributed by atoms with Gasteiger partial charge in [0.25, 0.3) is 0 Å². The maximum atomic E-state index is 12.8. The van der Waals surface area contributed by atoms with Gasteiger partial charge < -0.3 is 26.2 Å². The average molecular weight is 470 g/mol. The summed E-state index contributed by atoms with van der Waals surface area (Å²) in [5, 5.41) is 23.8. The van der Waals surface area contributed by atoms with Crippen molar-refractivity contribution in [1.29, 1.82) is 0 Å².